The number of amides is 1. The van der Waals surface area contributed by atoms with E-state index in [-0.39, 0.29) is 11.9 Å². The minimum absolute atomic E-state index is 0.00695. The number of aromatic nitrogens is 3. The minimum atomic E-state index is -0.497. The number of hydrogen-bond donors (Lipinski definition) is 0. The molecule has 4 heterocycles. The van der Waals surface area contributed by atoms with Crippen molar-refractivity contribution in [3.05, 3.63) is 59.0 Å². The number of carbonyl (C=O) groups excluding carboxylic acids is 1. The number of hydrogen-bond acceptors (Lipinski definition) is 4. The maximum absolute atomic E-state index is 13.2. The summed E-state index contributed by atoms with van der Waals surface area (Å²) < 4.78 is 7.86. The Morgan fingerprint density at radius 3 is 3.08 bits per heavy atom. The Morgan fingerprint density at radius 2 is 2.15 bits per heavy atom. The monoisotopic (exact) mass is 368 g/mol. The number of rotatable bonds is 2. The summed E-state index contributed by atoms with van der Waals surface area (Å²) >= 11 is 6.06. The lowest BCUT2D eigenvalue weighted by Crippen LogP contribution is -2.41. The fraction of sp³-hybridized carbons (Fsp3) is 0.316. The molecule has 2 unspecified atom stereocenters. The summed E-state index contributed by atoms with van der Waals surface area (Å²) in [7, 11) is 0. The summed E-state index contributed by atoms with van der Waals surface area (Å²) in [6, 6.07) is 11.2. The van der Waals surface area contributed by atoms with Crippen molar-refractivity contribution in [2.45, 2.75) is 31.4 Å². The van der Waals surface area contributed by atoms with Crippen LogP contribution >= 0.6 is 11.6 Å². The molecule has 3 aromatic rings. The molecule has 1 amide bonds. The fourth-order valence-electron chi connectivity index (χ4n) is 3.93. The molecular formula is C19H17ClN4O2. The van der Waals surface area contributed by atoms with E-state index in [4.69, 9.17) is 16.3 Å². The highest BCUT2D eigenvalue weighted by molar-refractivity contribution is 6.30. The second-order valence-electron chi connectivity index (χ2n) is 6.74. The van der Waals surface area contributed by atoms with E-state index in [1.807, 2.05) is 45.8 Å². The van der Waals surface area contributed by atoms with Gasteiger partial charge in [-0.1, -0.05) is 17.7 Å². The second-order valence-corrected chi connectivity index (χ2v) is 7.18. The van der Waals surface area contributed by atoms with Crippen molar-refractivity contribution in [2.75, 3.05) is 6.54 Å². The third-order valence-corrected chi connectivity index (χ3v) is 5.38. The molecule has 0 saturated carbocycles. The van der Waals surface area contributed by atoms with E-state index in [2.05, 4.69) is 10.2 Å². The van der Waals surface area contributed by atoms with Crippen LogP contribution in [0.4, 0.5) is 0 Å². The summed E-state index contributed by atoms with van der Waals surface area (Å²) in [6.07, 6.45) is 3.83. The number of benzene rings is 1. The van der Waals surface area contributed by atoms with Crippen molar-refractivity contribution in [3.8, 4) is 5.75 Å². The molecule has 0 spiro atoms. The number of likely N-dealkylation sites (tertiary alicyclic amines) is 1. The Morgan fingerprint density at radius 1 is 1.23 bits per heavy atom. The smallest absolute Gasteiger partial charge is 0.264 e. The maximum Gasteiger partial charge on any atom is 0.264 e. The summed E-state index contributed by atoms with van der Waals surface area (Å²) in [4.78, 5) is 15.0. The first-order chi connectivity index (χ1) is 12.7. The van der Waals surface area contributed by atoms with Gasteiger partial charge in [0, 0.05) is 24.2 Å². The summed E-state index contributed by atoms with van der Waals surface area (Å²) in [5.74, 6) is 1.56. The van der Waals surface area contributed by atoms with Crippen LogP contribution in [0.3, 0.4) is 0 Å². The summed E-state index contributed by atoms with van der Waals surface area (Å²) in [5.41, 5.74) is 1.78. The van der Waals surface area contributed by atoms with Gasteiger partial charge in [0.05, 0.1) is 6.04 Å². The molecule has 5 rings (SSSR count). The molecule has 0 radical (unpaired) electrons. The summed E-state index contributed by atoms with van der Waals surface area (Å²) in [6.45, 7) is 0.711. The predicted molar refractivity (Wildman–Crippen MR) is 96.2 cm³/mol. The van der Waals surface area contributed by atoms with Crippen LogP contribution in [0.25, 0.3) is 5.65 Å². The van der Waals surface area contributed by atoms with Gasteiger partial charge in [-0.15, -0.1) is 10.2 Å². The van der Waals surface area contributed by atoms with Gasteiger partial charge in [0.1, 0.15) is 5.75 Å². The first-order valence-electron chi connectivity index (χ1n) is 8.76. The molecule has 1 fully saturated rings. The molecule has 2 aliphatic heterocycles. The van der Waals surface area contributed by atoms with Gasteiger partial charge in [0.2, 0.25) is 0 Å². The third-order valence-electron chi connectivity index (χ3n) is 5.15. The van der Waals surface area contributed by atoms with Crippen molar-refractivity contribution in [1.29, 1.82) is 0 Å². The van der Waals surface area contributed by atoms with Crippen LogP contribution in [0.2, 0.25) is 5.02 Å². The Balaban J connectivity index is 1.42. The fourth-order valence-corrected chi connectivity index (χ4v) is 4.12. The Hall–Kier alpha value is -2.60. The van der Waals surface area contributed by atoms with Gasteiger partial charge in [-0.25, -0.2) is 0 Å². The van der Waals surface area contributed by atoms with Crippen LogP contribution in [0, 0.1) is 0 Å². The molecule has 6 nitrogen and oxygen atoms in total. The van der Waals surface area contributed by atoms with Gasteiger partial charge >= 0.3 is 0 Å². The molecule has 0 bridgehead atoms. The average molecular weight is 369 g/mol. The second kappa shape index (κ2) is 5.99. The van der Waals surface area contributed by atoms with Crippen molar-refractivity contribution in [2.24, 2.45) is 0 Å². The molecule has 0 aliphatic carbocycles. The van der Waals surface area contributed by atoms with Crippen LogP contribution in [0.1, 0.15) is 30.3 Å². The lowest BCUT2D eigenvalue weighted by Gasteiger charge is -2.26. The van der Waals surface area contributed by atoms with Crippen LogP contribution in [-0.4, -0.2) is 38.1 Å². The van der Waals surface area contributed by atoms with E-state index in [0.717, 1.165) is 35.6 Å². The van der Waals surface area contributed by atoms with E-state index in [1.54, 1.807) is 6.07 Å². The normalized spacial score (nSPS) is 21.8. The third kappa shape index (κ3) is 2.44. The van der Waals surface area contributed by atoms with Gasteiger partial charge in [-0.2, -0.15) is 0 Å². The molecule has 132 valence electrons. The highest BCUT2D eigenvalue weighted by Crippen LogP contribution is 2.36. The minimum Gasteiger partial charge on any atom is -0.480 e. The van der Waals surface area contributed by atoms with Crippen molar-refractivity contribution >= 4 is 23.2 Å². The molecule has 26 heavy (non-hydrogen) atoms. The topological polar surface area (TPSA) is 59.7 Å². The van der Waals surface area contributed by atoms with Gasteiger partial charge in [-0.05, 0) is 48.7 Å². The van der Waals surface area contributed by atoms with Gasteiger partial charge in [0.15, 0.2) is 17.6 Å². The van der Waals surface area contributed by atoms with Crippen LogP contribution in [-0.2, 0) is 11.2 Å². The van der Waals surface area contributed by atoms with E-state index >= 15 is 0 Å². The Kier molecular flexibility index (Phi) is 3.60. The van der Waals surface area contributed by atoms with Gasteiger partial charge in [0.25, 0.3) is 5.91 Å². The maximum atomic E-state index is 13.2. The number of fused-ring (bicyclic) bond motifs is 2. The summed E-state index contributed by atoms with van der Waals surface area (Å²) in [5, 5.41) is 9.24. The van der Waals surface area contributed by atoms with E-state index in [9.17, 15) is 4.79 Å². The van der Waals surface area contributed by atoms with Gasteiger partial charge < -0.3 is 9.64 Å². The van der Waals surface area contributed by atoms with Crippen molar-refractivity contribution < 1.29 is 9.53 Å². The molecule has 1 saturated heterocycles. The predicted octanol–water partition coefficient (Wildman–Crippen LogP) is 3.05. The molecular weight excluding hydrogens is 352 g/mol. The average Bonchev–Trinajstić information content (AvgIpc) is 3.37. The first kappa shape index (κ1) is 15.6. The molecule has 2 aromatic heterocycles. The Bertz CT molecular complexity index is 1000. The zero-order chi connectivity index (χ0) is 17.7. The Labute approximate surface area is 155 Å². The van der Waals surface area contributed by atoms with E-state index < -0.39 is 6.10 Å². The highest BCUT2D eigenvalue weighted by Gasteiger charge is 2.39. The zero-order valence-corrected chi connectivity index (χ0v) is 14.8. The standard InChI is InChI=1S/C19H17ClN4O2/c20-13-6-7-15-12(10-13)11-16(26-15)19(25)23-9-3-4-14(23)18-22-21-17-5-1-2-8-24(17)18/h1-2,5-8,10,14,16H,3-4,9,11H2. The number of pyridine rings is 1. The molecule has 1 aromatic carbocycles. The molecule has 0 N–H and O–H groups in total. The van der Waals surface area contributed by atoms with Crippen molar-refractivity contribution in [3.63, 3.8) is 0 Å². The number of halogens is 1. The molecule has 7 heteroatoms. The number of ether oxygens (including phenoxy) is 1. The quantitative estimate of drug-likeness (QED) is 0.697. The lowest BCUT2D eigenvalue weighted by molar-refractivity contribution is -0.139. The zero-order valence-electron chi connectivity index (χ0n) is 14.0. The van der Waals surface area contributed by atoms with E-state index in [0.29, 0.717) is 18.0 Å². The SMILES string of the molecule is O=C(C1Cc2cc(Cl)ccc2O1)N1CCCC1c1nnc2ccccn12. The van der Waals surface area contributed by atoms with Crippen LogP contribution in [0.5, 0.6) is 5.75 Å². The van der Waals surface area contributed by atoms with Crippen LogP contribution in [0.15, 0.2) is 42.6 Å². The van der Waals surface area contributed by atoms with Crippen molar-refractivity contribution in [1.82, 2.24) is 19.5 Å². The van der Waals surface area contributed by atoms with E-state index in [1.165, 1.54) is 0 Å². The van der Waals surface area contributed by atoms with Crippen LogP contribution < -0.4 is 4.74 Å². The lowest BCUT2D eigenvalue weighted by atomic mass is 10.1. The molecule has 2 aliphatic rings. The highest BCUT2D eigenvalue weighted by atomic mass is 35.5. The number of nitrogens with zero attached hydrogens (tertiary/aromatic N) is 4. The first-order valence-corrected chi connectivity index (χ1v) is 9.14. The largest absolute Gasteiger partial charge is 0.480 e. The number of carbonyl (C=O) groups is 1. The van der Waals surface area contributed by atoms with Gasteiger partial charge in [-0.3, -0.25) is 9.20 Å². The molecule has 2 atom stereocenters.